The topological polar surface area (TPSA) is 83.3 Å². The fourth-order valence-corrected chi connectivity index (χ4v) is 1.18. The van der Waals surface area contributed by atoms with Crippen LogP contribution in [-0.2, 0) is 14.3 Å². The average Bonchev–Trinajstić information content (AvgIpc) is 2.47. The maximum atomic E-state index is 11.8. The summed E-state index contributed by atoms with van der Waals surface area (Å²) < 4.78 is 9.40. The number of hydrogen-bond acceptors (Lipinski definition) is 6. The van der Waals surface area contributed by atoms with Gasteiger partial charge in [0.1, 0.15) is 12.2 Å². The van der Waals surface area contributed by atoms with E-state index in [9.17, 15) is 9.90 Å². The molecular formula is C14H14N2O4. The second kappa shape index (κ2) is 8.39. The Labute approximate surface area is 117 Å². The molecule has 6 heteroatoms. The van der Waals surface area contributed by atoms with Gasteiger partial charge in [-0.2, -0.15) is 5.11 Å². The summed E-state index contributed by atoms with van der Waals surface area (Å²) in [6.45, 7) is 3.77. The van der Waals surface area contributed by atoms with E-state index in [1.165, 1.54) is 13.2 Å². The molecule has 104 valence electrons. The van der Waals surface area contributed by atoms with Gasteiger partial charge in [0.25, 0.3) is 0 Å². The van der Waals surface area contributed by atoms with Crippen LogP contribution in [0.5, 0.6) is 0 Å². The number of esters is 1. The zero-order valence-electron chi connectivity index (χ0n) is 11.0. The Morgan fingerprint density at radius 1 is 1.60 bits per heavy atom. The molecule has 0 saturated heterocycles. The van der Waals surface area contributed by atoms with Crippen molar-refractivity contribution in [2.75, 3.05) is 13.7 Å². The standard InChI is InChI=1S/C14H14N2O4/c1-3-4-9-20-14(18)11-7-5-6-8-12(11)16-15-10-13(17)19-2/h3,6-8,10H,1,4,9H2,2H3. The van der Waals surface area contributed by atoms with Crippen LogP contribution in [0.2, 0.25) is 0 Å². The minimum Gasteiger partial charge on any atom is -0.615 e. The Balaban J connectivity index is 2.82. The van der Waals surface area contributed by atoms with Crippen molar-refractivity contribution in [3.8, 4) is 0 Å². The van der Waals surface area contributed by atoms with Crippen LogP contribution in [-0.4, -0.2) is 19.7 Å². The lowest BCUT2D eigenvalue weighted by Gasteiger charge is -2.04. The van der Waals surface area contributed by atoms with Gasteiger partial charge in [-0.15, -0.1) is 11.7 Å². The van der Waals surface area contributed by atoms with Crippen LogP contribution < -0.4 is 5.11 Å². The quantitative estimate of drug-likeness (QED) is 0.176. The summed E-state index contributed by atoms with van der Waals surface area (Å²) in [5.41, 5.74) is 0.506. The fraction of sp³-hybridized carbons (Fsp3) is 0.214. The molecule has 1 rings (SSSR count). The summed E-state index contributed by atoms with van der Waals surface area (Å²) in [5, 5.41) is 18.2. The molecule has 0 saturated carbocycles. The summed E-state index contributed by atoms with van der Waals surface area (Å²) in [6.07, 6.45) is 10.4. The van der Waals surface area contributed by atoms with Crippen molar-refractivity contribution in [2.45, 2.75) is 6.42 Å². The van der Waals surface area contributed by atoms with Crippen LogP contribution in [0.1, 0.15) is 6.42 Å². The van der Waals surface area contributed by atoms with E-state index in [1.807, 2.05) is 0 Å². The van der Waals surface area contributed by atoms with E-state index >= 15 is 0 Å². The molecule has 0 aliphatic heterocycles. The molecule has 0 unspecified atom stereocenters. The van der Waals surface area contributed by atoms with Gasteiger partial charge in [0.05, 0.1) is 24.8 Å². The summed E-state index contributed by atoms with van der Waals surface area (Å²) in [7, 11) is 1.23. The number of ether oxygens (including phenoxy) is 2. The molecule has 0 atom stereocenters. The molecule has 20 heavy (non-hydrogen) atoms. The first-order valence-electron chi connectivity index (χ1n) is 5.79. The number of carbonyl (C=O) groups excluding carboxylic acids is 1. The van der Waals surface area contributed by atoms with Gasteiger partial charge in [-0.05, 0) is 13.5 Å². The predicted octanol–water partition coefficient (Wildman–Crippen LogP) is 1.55. The van der Waals surface area contributed by atoms with Gasteiger partial charge in [0.2, 0.25) is 11.3 Å². The Morgan fingerprint density at radius 3 is 3.10 bits per heavy atom. The van der Waals surface area contributed by atoms with Gasteiger partial charge in [-0.25, -0.2) is 4.79 Å². The first-order chi connectivity index (χ1) is 9.69. The van der Waals surface area contributed by atoms with Gasteiger partial charge in [-0.1, -0.05) is 6.08 Å². The molecule has 0 fully saturated rings. The Kier molecular flexibility index (Phi) is 6.44. The first-order valence-corrected chi connectivity index (χ1v) is 5.79. The van der Waals surface area contributed by atoms with Gasteiger partial charge in [0, 0.05) is 6.08 Å². The van der Waals surface area contributed by atoms with Crippen LogP contribution in [0.4, 0.5) is 0 Å². The molecule has 0 aromatic carbocycles. The van der Waals surface area contributed by atoms with E-state index in [0.717, 1.165) is 6.20 Å². The Hall–Kier alpha value is -2.72. The van der Waals surface area contributed by atoms with Crippen LogP contribution in [0, 0.1) is 6.08 Å². The van der Waals surface area contributed by atoms with Gasteiger partial charge < -0.3 is 14.6 Å². The smallest absolute Gasteiger partial charge is 0.399 e. The molecule has 1 aliphatic rings. The highest BCUT2D eigenvalue weighted by Crippen LogP contribution is 2.16. The van der Waals surface area contributed by atoms with Crippen molar-refractivity contribution in [2.24, 2.45) is 10.2 Å². The lowest BCUT2D eigenvalue weighted by Crippen LogP contribution is -2.10. The molecule has 0 spiro atoms. The number of allylic oxidation sites excluding steroid dienone is 3. The average molecular weight is 274 g/mol. The first kappa shape index (κ1) is 15.3. The van der Waals surface area contributed by atoms with E-state index in [-0.39, 0.29) is 17.9 Å². The SMILES string of the molecule is C=CCCOC(=O)C1=C(N=N/C=C(\[O-])OC)C=C[C+]=C1. The summed E-state index contributed by atoms with van der Waals surface area (Å²) in [6, 6.07) is 0. The minimum absolute atomic E-state index is 0.221. The van der Waals surface area contributed by atoms with Gasteiger partial charge >= 0.3 is 5.97 Å². The van der Waals surface area contributed by atoms with E-state index in [1.54, 1.807) is 18.2 Å². The third-order valence-corrected chi connectivity index (χ3v) is 2.15. The number of rotatable bonds is 7. The zero-order chi connectivity index (χ0) is 14.8. The van der Waals surface area contributed by atoms with Crippen molar-refractivity contribution < 1.29 is 19.4 Å². The Bertz CT molecular complexity index is 513. The zero-order valence-corrected chi connectivity index (χ0v) is 11.0. The maximum Gasteiger partial charge on any atom is 0.399 e. The van der Waals surface area contributed by atoms with Crippen molar-refractivity contribution >= 4 is 5.97 Å². The van der Waals surface area contributed by atoms with Crippen molar-refractivity contribution in [3.05, 3.63) is 60.4 Å². The largest absolute Gasteiger partial charge is 0.615 e. The highest BCUT2D eigenvalue weighted by atomic mass is 16.6. The van der Waals surface area contributed by atoms with E-state index in [0.29, 0.717) is 6.42 Å². The molecule has 0 heterocycles. The lowest BCUT2D eigenvalue weighted by molar-refractivity contribution is -0.353. The highest BCUT2D eigenvalue weighted by Gasteiger charge is 2.23. The van der Waals surface area contributed by atoms with Crippen molar-refractivity contribution in [3.63, 3.8) is 0 Å². The van der Waals surface area contributed by atoms with Crippen LogP contribution in [0.3, 0.4) is 0 Å². The predicted molar refractivity (Wildman–Crippen MR) is 69.7 cm³/mol. The van der Waals surface area contributed by atoms with Gasteiger partial charge in [0.15, 0.2) is 0 Å². The molecule has 6 nitrogen and oxygen atoms in total. The van der Waals surface area contributed by atoms with Crippen LogP contribution >= 0.6 is 0 Å². The summed E-state index contributed by atoms with van der Waals surface area (Å²) in [5.74, 6) is -1.16. The fourth-order valence-electron chi connectivity index (χ4n) is 1.18. The lowest BCUT2D eigenvalue weighted by atomic mass is 10.1. The monoisotopic (exact) mass is 274 g/mol. The second-order valence-corrected chi connectivity index (χ2v) is 3.52. The minimum atomic E-state index is -0.633. The van der Waals surface area contributed by atoms with Crippen LogP contribution in [0.15, 0.2) is 64.5 Å². The molecule has 0 aromatic heterocycles. The number of methoxy groups -OCH3 is 1. The highest BCUT2D eigenvalue weighted by molar-refractivity contribution is 5.93. The molecule has 0 bridgehead atoms. The summed E-state index contributed by atoms with van der Waals surface area (Å²) in [4.78, 5) is 11.8. The Morgan fingerprint density at radius 2 is 2.40 bits per heavy atom. The van der Waals surface area contributed by atoms with Crippen LogP contribution in [0.25, 0.3) is 0 Å². The molecule has 0 radical (unpaired) electrons. The molecule has 1 aliphatic carbocycles. The van der Waals surface area contributed by atoms with Gasteiger partial charge in [-0.3, -0.25) is 0 Å². The number of hydrogen-bond donors (Lipinski definition) is 0. The van der Waals surface area contributed by atoms with Crippen molar-refractivity contribution in [1.29, 1.82) is 0 Å². The molecular weight excluding hydrogens is 260 g/mol. The maximum absolute atomic E-state index is 11.8. The molecule has 0 N–H and O–H groups in total. The van der Waals surface area contributed by atoms with E-state index in [2.05, 4.69) is 27.6 Å². The third-order valence-electron chi connectivity index (χ3n) is 2.15. The third kappa shape index (κ3) is 4.88. The normalized spacial score (nSPS) is 14.3. The van der Waals surface area contributed by atoms with E-state index in [4.69, 9.17) is 4.74 Å². The van der Waals surface area contributed by atoms with E-state index < -0.39 is 11.9 Å². The number of azo groups is 1. The number of carbonyl (C=O) groups is 1. The molecule has 0 amide bonds. The van der Waals surface area contributed by atoms with Crippen molar-refractivity contribution in [1.82, 2.24) is 0 Å². The second-order valence-electron chi connectivity index (χ2n) is 3.52. The summed E-state index contributed by atoms with van der Waals surface area (Å²) >= 11 is 0. The number of nitrogens with zero attached hydrogens (tertiary/aromatic N) is 2. The molecule has 0 aromatic rings.